The minimum atomic E-state index is -4.09. The summed E-state index contributed by atoms with van der Waals surface area (Å²) in [4.78, 5) is -0.493. The first-order valence-electron chi connectivity index (χ1n) is 9.49. The molecule has 1 N–H and O–H groups in total. The number of hydrogen-bond donors (Lipinski definition) is 1. The summed E-state index contributed by atoms with van der Waals surface area (Å²) in [6.45, 7) is 2.01. The van der Waals surface area contributed by atoms with E-state index in [-0.39, 0.29) is 4.90 Å². The summed E-state index contributed by atoms with van der Waals surface area (Å²) >= 11 is 0. The molecule has 0 aliphatic carbocycles. The van der Waals surface area contributed by atoms with Crippen LogP contribution in [0.15, 0.2) is 50.6 Å². The van der Waals surface area contributed by atoms with Crippen LogP contribution < -0.4 is 5.32 Å². The van der Waals surface area contributed by atoms with E-state index in [0.717, 1.165) is 54.6 Å². The Bertz CT molecular complexity index is 1190. The van der Waals surface area contributed by atoms with Gasteiger partial charge in [-0.05, 0) is 43.5 Å². The van der Waals surface area contributed by atoms with Crippen LogP contribution in [0.3, 0.4) is 0 Å². The van der Waals surface area contributed by atoms with Crippen LogP contribution in [0.4, 0.5) is 8.78 Å². The second-order valence-corrected chi connectivity index (χ2v) is 9.54. The van der Waals surface area contributed by atoms with E-state index in [4.69, 9.17) is 9.15 Å². The van der Waals surface area contributed by atoms with Crippen LogP contribution in [0.25, 0.3) is 11.0 Å². The molecule has 2 aliphatic rings. The molecule has 1 aromatic heterocycles. The van der Waals surface area contributed by atoms with Crippen molar-refractivity contribution in [3.05, 3.63) is 59.4 Å². The lowest BCUT2D eigenvalue weighted by molar-refractivity contribution is 0.00539. The topological polar surface area (TPSA) is 68.5 Å². The Morgan fingerprint density at radius 3 is 2.55 bits per heavy atom. The fourth-order valence-electron chi connectivity index (χ4n) is 4.37. The maximum absolute atomic E-state index is 13.5. The lowest BCUT2D eigenvalue weighted by Crippen LogP contribution is -2.52. The van der Waals surface area contributed by atoms with Crippen LogP contribution in [0.1, 0.15) is 24.2 Å². The highest BCUT2D eigenvalue weighted by Crippen LogP contribution is 2.41. The second-order valence-electron chi connectivity index (χ2n) is 7.59. The lowest BCUT2D eigenvalue weighted by Gasteiger charge is -2.39. The average Bonchev–Trinajstić information content (AvgIpc) is 3.08. The van der Waals surface area contributed by atoms with Crippen molar-refractivity contribution in [1.82, 2.24) is 5.32 Å². The first-order chi connectivity index (χ1) is 13.9. The molecule has 1 unspecified atom stereocenters. The lowest BCUT2D eigenvalue weighted by atomic mass is 9.83. The summed E-state index contributed by atoms with van der Waals surface area (Å²) in [5.41, 5.74) is 1.11. The number of fused-ring (bicyclic) bond motifs is 4. The minimum Gasteiger partial charge on any atom is -0.459 e. The summed E-state index contributed by atoms with van der Waals surface area (Å²) in [6.07, 6.45) is 2.56. The molecule has 3 heterocycles. The molecular formula is C21H19F2NO4S. The summed E-state index contributed by atoms with van der Waals surface area (Å²) in [5.74, 6) is -1.09. The van der Waals surface area contributed by atoms with Gasteiger partial charge in [-0.1, -0.05) is 0 Å². The van der Waals surface area contributed by atoms with E-state index in [1.54, 1.807) is 6.07 Å². The Kier molecular flexibility index (Phi) is 4.27. The van der Waals surface area contributed by atoms with E-state index in [1.165, 1.54) is 12.1 Å². The number of rotatable bonds is 2. The van der Waals surface area contributed by atoms with Gasteiger partial charge in [0, 0.05) is 36.2 Å². The van der Waals surface area contributed by atoms with Gasteiger partial charge in [-0.3, -0.25) is 0 Å². The predicted molar refractivity (Wildman–Crippen MR) is 101 cm³/mol. The fourth-order valence-corrected chi connectivity index (χ4v) is 5.69. The number of ether oxygens (including phenoxy) is 1. The van der Waals surface area contributed by atoms with Crippen LogP contribution in [-0.4, -0.2) is 28.2 Å². The molecule has 8 heteroatoms. The Morgan fingerprint density at radius 2 is 1.83 bits per heavy atom. The second kappa shape index (κ2) is 6.62. The van der Waals surface area contributed by atoms with Gasteiger partial charge in [0.25, 0.3) is 0 Å². The average molecular weight is 419 g/mol. The summed E-state index contributed by atoms with van der Waals surface area (Å²) in [6, 6.07) is 6.87. The molecule has 152 valence electrons. The van der Waals surface area contributed by atoms with Crippen LogP contribution in [-0.2, 0) is 26.5 Å². The highest BCUT2D eigenvalue weighted by Gasteiger charge is 2.42. The molecule has 0 amide bonds. The molecular weight excluding hydrogens is 400 g/mol. The molecule has 1 atom stereocenters. The highest BCUT2D eigenvalue weighted by atomic mass is 32.2. The van der Waals surface area contributed by atoms with E-state index in [2.05, 4.69) is 5.32 Å². The summed E-state index contributed by atoms with van der Waals surface area (Å²) < 4.78 is 64.7. The van der Waals surface area contributed by atoms with Crippen molar-refractivity contribution >= 4 is 20.8 Å². The van der Waals surface area contributed by atoms with Gasteiger partial charge in [-0.2, -0.15) is 0 Å². The molecule has 5 rings (SSSR count). The molecule has 0 bridgehead atoms. The van der Waals surface area contributed by atoms with Gasteiger partial charge in [-0.15, -0.1) is 0 Å². The highest BCUT2D eigenvalue weighted by molar-refractivity contribution is 7.91. The summed E-state index contributed by atoms with van der Waals surface area (Å²) in [7, 11) is -4.09. The molecule has 0 radical (unpaired) electrons. The third kappa shape index (κ3) is 2.97. The third-order valence-electron chi connectivity index (χ3n) is 5.73. The van der Waals surface area contributed by atoms with Gasteiger partial charge in [-0.25, -0.2) is 17.2 Å². The van der Waals surface area contributed by atoms with Gasteiger partial charge in [0.1, 0.15) is 28.5 Å². The zero-order valence-electron chi connectivity index (χ0n) is 15.5. The monoisotopic (exact) mass is 419 g/mol. The van der Waals surface area contributed by atoms with Gasteiger partial charge in [0.2, 0.25) is 9.84 Å². The van der Waals surface area contributed by atoms with Crippen LogP contribution in [0.2, 0.25) is 0 Å². The molecule has 1 spiro atoms. The largest absolute Gasteiger partial charge is 0.459 e. The van der Waals surface area contributed by atoms with Crippen LogP contribution in [0, 0.1) is 11.6 Å². The minimum absolute atomic E-state index is 0.0667. The first kappa shape index (κ1) is 18.7. The smallest absolute Gasteiger partial charge is 0.206 e. The predicted octanol–water partition coefficient (Wildman–Crippen LogP) is 3.70. The van der Waals surface area contributed by atoms with E-state index < -0.39 is 31.9 Å². The number of hydrogen-bond acceptors (Lipinski definition) is 5. The normalized spacial score (nSPS) is 22.1. The van der Waals surface area contributed by atoms with Crippen molar-refractivity contribution in [1.29, 1.82) is 0 Å². The van der Waals surface area contributed by atoms with Crippen molar-refractivity contribution < 1.29 is 26.4 Å². The third-order valence-corrected chi connectivity index (χ3v) is 7.47. The molecule has 5 nitrogen and oxygen atoms in total. The van der Waals surface area contributed by atoms with Gasteiger partial charge in [0.15, 0.2) is 0 Å². The molecule has 2 aromatic carbocycles. The van der Waals surface area contributed by atoms with E-state index in [0.29, 0.717) is 24.9 Å². The number of furan rings is 1. The Hall–Kier alpha value is -2.29. The SMILES string of the molecule is O=S(=O)(c1cc(F)cc(F)c1)c1ccc2c3c(oc2c1)C1(CCCOC1)NCC3. The summed E-state index contributed by atoms with van der Waals surface area (Å²) in [5, 5.41) is 4.37. The number of halogens is 2. The van der Waals surface area contributed by atoms with Crippen LogP contribution >= 0.6 is 0 Å². The molecule has 2 aliphatic heterocycles. The quantitative estimate of drug-likeness (QED) is 0.686. The van der Waals surface area contributed by atoms with E-state index >= 15 is 0 Å². The molecule has 3 aromatic rings. The van der Waals surface area contributed by atoms with Gasteiger partial charge >= 0.3 is 0 Å². The molecule has 0 saturated carbocycles. The zero-order chi connectivity index (χ0) is 20.2. The number of sulfone groups is 1. The molecule has 1 saturated heterocycles. The Balaban J connectivity index is 1.63. The maximum atomic E-state index is 13.5. The van der Waals surface area contributed by atoms with E-state index in [9.17, 15) is 17.2 Å². The van der Waals surface area contributed by atoms with Crippen molar-refractivity contribution in [3.63, 3.8) is 0 Å². The van der Waals surface area contributed by atoms with Crippen molar-refractivity contribution in [3.8, 4) is 0 Å². The first-order valence-corrected chi connectivity index (χ1v) is 11.0. The standard InChI is InChI=1S/C21H19F2NO4S/c22-13-8-14(23)10-16(9-13)29(25,26)15-2-3-17-18-4-6-24-21(5-1-7-27-12-21)20(18)28-19(17)11-15/h2-3,8-11,24H,1,4-7,12H2. The van der Waals surface area contributed by atoms with Crippen LogP contribution in [0.5, 0.6) is 0 Å². The van der Waals surface area contributed by atoms with Crippen molar-refractivity contribution in [2.24, 2.45) is 0 Å². The number of benzene rings is 2. The fraction of sp³-hybridized carbons (Fsp3) is 0.333. The van der Waals surface area contributed by atoms with Crippen molar-refractivity contribution in [2.75, 3.05) is 19.8 Å². The Morgan fingerprint density at radius 1 is 1.03 bits per heavy atom. The molecule has 29 heavy (non-hydrogen) atoms. The van der Waals surface area contributed by atoms with Gasteiger partial charge in [0.05, 0.1) is 16.4 Å². The Labute approximate surface area is 166 Å². The zero-order valence-corrected chi connectivity index (χ0v) is 16.3. The van der Waals surface area contributed by atoms with E-state index in [1.807, 2.05) is 0 Å². The number of nitrogens with one attached hydrogen (secondary N) is 1. The van der Waals surface area contributed by atoms with Gasteiger partial charge < -0.3 is 14.5 Å². The maximum Gasteiger partial charge on any atom is 0.206 e. The van der Waals surface area contributed by atoms with Crippen molar-refractivity contribution in [2.45, 2.75) is 34.6 Å². The molecule has 1 fully saturated rings.